The van der Waals surface area contributed by atoms with Crippen molar-refractivity contribution in [2.45, 2.75) is 19.3 Å². The first-order valence-corrected chi connectivity index (χ1v) is 9.34. The molecule has 3 rings (SSSR count). The number of piperazine rings is 1. The maximum atomic E-state index is 12.7. The number of ether oxygens (including phenoxy) is 1. The third-order valence-corrected chi connectivity index (χ3v) is 4.63. The van der Waals surface area contributed by atoms with Gasteiger partial charge in [-0.3, -0.25) is 9.59 Å². The Kier molecular flexibility index (Phi) is 6.43. The molecule has 0 radical (unpaired) electrons. The van der Waals surface area contributed by atoms with Crippen LogP contribution in [0.3, 0.4) is 0 Å². The highest BCUT2D eigenvalue weighted by Crippen LogP contribution is 2.22. The number of anilines is 1. The van der Waals surface area contributed by atoms with Crippen molar-refractivity contribution in [3.63, 3.8) is 0 Å². The third-order valence-electron chi connectivity index (χ3n) is 4.63. The van der Waals surface area contributed by atoms with Gasteiger partial charge in [0.2, 0.25) is 5.91 Å². The van der Waals surface area contributed by atoms with Crippen molar-refractivity contribution in [3.05, 3.63) is 54.2 Å². The minimum atomic E-state index is -4.80. The van der Waals surface area contributed by atoms with Crippen LogP contribution < -0.4 is 15.0 Å². The van der Waals surface area contributed by atoms with Gasteiger partial charge in [-0.2, -0.15) is 0 Å². The Morgan fingerprint density at radius 3 is 2.30 bits per heavy atom. The number of amides is 2. The lowest BCUT2D eigenvalue weighted by molar-refractivity contribution is -0.274. The second-order valence-electron chi connectivity index (χ2n) is 6.77. The van der Waals surface area contributed by atoms with E-state index in [1.54, 1.807) is 18.0 Å². The molecule has 1 aliphatic rings. The molecule has 1 aliphatic heterocycles. The Bertz CT molecular complexity index is 867. The number of hydrogen-bond acceptors (Lipinski definition) is 5. The molecule has 1 N–H and O–H groups in total. The molecule has 10 heteroatoms. The maximum Gasteiger partial charge on any atom is 0.573 e. The Morgan fingerprint density at radius 2 is 1.73 bits per heavy atom. The predicted molar refractivity (Wildman–Crippen MR) is 103 cm³/mol. The van der Waals surface area contributed by atoms with Gasteiger partial charge in [0.1, 0.15) is 17.6 Å². The average molecular weight is 422 g/mol. The van der Waals surface area contributed by atoms with Crippen LogP contribution in [0.4, 0.5) is 19.0 Å². The van der Waals surface area contributed by atoms with Gasteiger partial charge in [0.25, 0.3) is 5.91 Å². The molecule has 1 aromatic carbocycles. The van der Waals surface area contributed by atoms with E-state index in [0.29, 0.717) is 26.2 Å². The molecule has 2 aromatic rings. The predicted octanol–water partition coefficient (Wildman–Crippen LogP) is 2.45. The number of halogens is 3. The number of nitrogens with one attached hydrogen (secondary N) is 1. The molecular weight excluding hydrogens is 401 g/mol. The third kappa shape index (κ3) is 5.62. The molecule has 160 valence electrons. The quantitative estimate of drug-likeness (QED) is 0.801. The van der Waals surface area contributed by atoms with Crippen LogP contribution in [0.5, 0.6) is 5.75 Å². The highest BCUT2D eigenvalue weighted by Gasteiger charge is 2.31. The van der Waals surface area contributed by atoms with E-state index < -0.39 is 24.1 Å². The van der Waals surface area contributed by atoms with Crippen LogP contribution >= 0.6 is 0 Å². The first-order chi connectivity index (χ1) is 14.2. The molecule has 0 spiro atoms. The lowest BCUT2D eigenvalue weighted by atomic mass is 10.1. The molecule has 0 saturated carbocycles. The van der Waals surface area contributed by atoms with E-state index >= 15 is 0 Å². The van der Waals surface area contributed by atoms with Crippen LogP contribution in [0.1, 0.15) is 17.3 Å². The number of hydrogen-bond donors (Lipinski definition) is 1. The van der Waals surface area contributed by atoms with Crippen LogP contribution in [-0.2, 0) is 4.79 Å². The highest BCUT2D eigenvalue weighted by molar-refractivity contribution is 5.97. The molecular formula is C20H21F3N4O3. The fraction of sp³-hybridized carbons (Fsp3) is 0.350. The van der Waals surface area contributed by atoms with E-state index in [0.717, 1.165) is 18.0 Å². The minimum Gasteiger partial charge on any atom is -0.406 e. The fourth-order valence-electron chi connectivity index (χ4n) is 3.12. The topological polar surface area (TPSA) is 74.8 Å². The summed E-state index contributed by atoms with van der Waals surface area (Å²) in [5, 5.41) is 2.58. The maximum absolute atomic E-state index is 12.7. The zero-order chi connectivity index (χ0) is 21.7. The molecule has 1 saturated heterocycles. The summed E-state index contributed by atoms with van der Waals surface area (Å²) < 4.78 is 40.4. The summed E-state index contributed by atoms with van der Waals surface area (Å²) in [6.45, 7) is 3.83. The van der Waals surface area contributed by atoms with Crippen molar-refractivity contribution >= 4 is 17.6 Å². The monoisotopic (exact) mass is 422 g/mol. The zero-order valence-electron chi connectivity index (χ0n) is 16.2. The normalized spacial score (nSPS) is 15.5. The molecule has 0 unspecified atom stereocenters. The summed E-state index contributed by atoms with van der Waals surface area (Å²) in [5.74, 6) is -0.347. The fourth-order valence-corrected chi connectivity index (χ4v) is 3.12. The summed E-state index contributed by atoms with van der Waals surface area (Å²) in [5.41, 5.74) is 0.129. The van der Waals surface area contributed by atoms with Crippen molar-refractivity contribution in [1.29, 1.82) is 0 Å². The van der Waals surface area contributed by atoms with Crippen molar-refractivity contribution in [1.82, 2.24) is 15.2 Å². The van der Waals surface area contributed by atoms with Crippen LogP contribution in [0.25, 0.3) is 0 Å². The number of aromatic nitrogens is 1. The van der Waals surface area contributed by atoms with E-state index in [9.17, 15) is 22.8 Å². The SMILES string of the molecule is C[C@@H](NC(=O)c1ccc(OC(F)(F)F)cc1)C(=O)N1CCN(c2ccccn2)CC1. The number of rotatable bonds is 5. The Hall–Kier alpha value is -3.30. The molecule has 30 heavy (non-hydrogen) atoms. The molecule has 1 fully saturated rings. The van der Waals surface area contributed by atoms with E-state index in [1.807, 2.05) is 18.2 Å². The van der Waals surface area contributed by atoms with Gasteiger partial charge in [-0.05, 0) is 43.3 Å². The Morgan fingerprint density at radius 1 is 1.07 bits per heavy atom. The van der Waals surface area contributed by atoms with E-state index in [4.69, 9.17) is 0 Å². The molecule has 7 nitrogen and oxygen atoms in total. The van der Waals surface area contributed by atoms with E-state index in [-0.39, 0.29) is 11.5 Å². The first kappa shape index (κ1) is 21.4. The largest absolute Gasteiger partial charge is 0.573 e. The number of alkyl halides is 3. The summed E-state index contributed by atoms with van der Waals surface area (Å²) in [6.07, 6.45) is -3.09. The number of carbonyl (C=O) groups is 2. The molecule has 1 atom stereocenters. The van der Waals surface area contributed by atoms with E-state index in [1.165, 1.54) is 12.1 Å². The van der Waals surface area contributed by atoms with Crippen molar-refractivity contribution in [2.75, 3.05) is 31.1 Å². The summed E-state index contributed by atoms with van der Waals surface area (Å²) in [6, 6.07) is 9.38. The lowest BCUT2D eigenvalue weighted by Gasteiger charge is -2.36. The van der Waals surface area contributed by atoms with Gasteiger partial charge in [-0.1, -0.05) is 6.07 Å². The number of pyridine rings is 1. The standard InChI is InChI=1S/C20H21F3N4O3/c1-14(25-18(28)15-5-7-16(8-6-15)30-20(21,22)23)19(29)27-12-10-26(11-13-27)17-4-2-3-9-24-17/h2-9,14H,10-13H2,1H3,(H,25,28)/t14-/m1/s1. The number of carbonyl (C=O) groups excluding carboxylic acids is 2. The smallest absolute Gasteiger partial charge is 0.406 e. The first-order valence-electron chi connectivity index (χ1n) is 9.34. The summed E-state index contributed by atoms with van der Waals surface area (Å²) in [7, 11) is 0. The molecule has 0 bridgehead atoms. The van der Waals surface area contributed by atoms with Crippen molar-refractivity contribution in [3.8, 4) is 5.75 Å². The molecule has 2 heterocycles. The van der Waals surface area contributed by atoms with E-state index in [2.05, 4.69) is 19.9 Å². The number of nitrogens with zero attached hydrogens (tertiary/aromatic N) is 3. The highest BCUT2D eigenvalue weighted by atomic mass is 19.4. The van der Waals surface area contributed by atoms with Crippen LogP contribution in [-0.4, -0.2) is 60.3 Å². The Labute approximate surface area is 171 Å². The van der Waals surface area contributed by atoms with Crippen LogP contribution in [0, 0.1) is 0 Å². The Balaban J connectivity index is 1.51. The van der Waals surface area contributed by atoms with Gasteiger partial charge in [0.15, 0.2) is 0 Å². The van der Waals surface area contributed by atoms with Crippen LogP contribution in [0.15, 0.2) is 48.7 Å². The van der Waals surface area contributed by atoms with Gasteiger partial charge in [0, 0.05) is 37.9 Å². The second kappa shape index (κ2) is 9.02. The second-order valence-corrected chi connectivity index (χ2v) is 6.77. The van der Waals surface area contributed by atoms with Crippen molar-refractivity contribution < 1.29 is 27.5 Å². The van der Waals surface area contributed by atoms with Gasteiger partial charge in [0.05, 0.1) is 0 Å². The lowest BCUT2D eigenvalue weighted by Crippen LogP contribution is -2.54. The molecule has 1 aromatic heterocycles. The van der Waals surface area contributed by atoms with Gasteiger partial charge in [-0.15, -0.1) is 13.2 Å². The number of benzene rings is 1. The minimum absolute atomic E-state index is 0.129. The molecule has 0 aliphatic carbocycles. The summed E-state index contributed by atoms with van der Waals surface area (Å²) >= 11 is 0. The average Bonchev–Trinajstić information content (AvgIpc) is 2.73. The van der Waals surface area contributed by atoms with Crippen LogP contribution in [0.2, 0.25) is 0 Å². The van der Waals surface area contributed by atoms with Crippen molar-refractivity contribution in [2.24, 2.45) is 0 Å². The van der Waals surface area contributed by atoms with Gasteiger partial charge >= 0.3 is 6.36 Å². The van der Waals surface area contributed by atoms with Gasteiger partial charge in [-0.25, -0.2) is 4.98 Å². The summed E-state index contributed by atoms with van der Waals surface area (Å²) in [4.78, 5) is 33.0. The van der Waals surface area contributed by atoms with Gasteiger partial charge < -0.3 is 19.9 Å². The zero-order valence-corrected chi connectivity index (χ0v) is 16.2. The molecule has 2 amide bonds.